The molecular formula is C11H16BNO3. The fourth-order valence-corrected chi connectivity index (χ4v) is 1.38. The van der Waals surface area contributed by atoms with Crippen LogP contribution in [0.3, 0.4) is 0 Å². The highest BCUT2D eigenvalue weighted by atomic mass is 16.6. The van der Waals surface area contributed by atoms with E-state index in [4.69, 9.17) is 9.31 Å². The third kappa shape index (κ3) is 3.36. The van der Waals surface area contributed by atoms with Crippen molar-refractivity contribution in [3.05, 3.63) is 24.3 Å². The van der Waals surface area contributed by atoms with E-state index in [-0.39, 0.29) is 5.91 Å². The van der Waals surface area contributed by atoms with Gasteiger partial charge >= 0.3 is 7.12 Å². The number of amides is 1. The second-order valence-electron chi connectivity index (χ2n) is 3.33. The lowest BCUT2D eigenvalue weighted by molar-refractivity contribution is -0.115. The number of nitrogens with one attached hydrogen (secondary N) is 1. The summed E-state index contributed by atoms with van der Waals surface area (Å²) < 4.78 is 10.3. The van der Waals surface area contributed by atoms with E-state index in [0.29, 0.717) is 6.42 Å². The van der Waals surface area contributed by atoms with Crippen LogP contribution in [0.15, 0.2) is 24.3 Å². The fourth-order valence-electron chi connectivity index (χ4n) is 1.38. The first-order chi connectivity index (χ1) is 7.71. The predicted octanol–water partition coefficient (Wildman–Crippen LogP) is 1.02. The molecule has 0 saturated carbocycles. The molecule has 0 saturated heterocycles. The Hall–Kier alpha value is -1.33. The van der Waals surface area contributed by atoms with E-state index in [1.54, 1.807) is 14.2 Å². The number of anilines is 1. The maximum absolute atomic E-state index is 11.2. The predicted molar refractivity (Wildman–Crippen MR) is 64.8 cm³/mol. The monoisotopic (exact) mass is 221 g/mol. The summed E-state index contributed by atoms with van der Waals surface area (Å²) in [7, 11) is 2.75. The quantitative estimate of drug-likeness (QED) is 0.755. The average Bonchev–Trinajstić information content (AvgIpc) is 2.31. The Morgan fingerprint density at radius 3 is 2.62 bits per heavy atom. The molecule has 0 aliphatic heterocycles. The number of hydrogen-bond donors (Lipinski definition) is 1. The molecule has 1 aromatic rings. The molecule has 0 radical (unpaired) electrons. The van der Waals surface area contributed by atoms with Gasteiger partial charge < -0.3 is 14.6 Å². The third-order valence-electron chi connectivity index (χ3n) is 2.19. The van der Waals surface area contributed by atoms with Gasteiger partial charge in [0.15, 0.2) is 0 Å². The fraction of sp³-hybridized carbons (Fsp3) is 0.364. The first-order valence-corrected chi connectivity index (χ1v) is 5.16. The van der Waals surface area contributed by atoms with E-state index in [0.717, 1.165) is 11.2 Å². The Bertz CT molecular complexity index is 353. The van der Waals surface area contributed by atoms with Gasteiger partial charge in [0.1, 0.15) is 0 Å². The summed E-state index contributed by atoms with van der Waals surface area (Å²) >= 11 is 0. The third-order valence-corrected chi connectivity index (χ3v) is 2.19. The second-order valence-corrected chi connectivity index (χ2v) is 3.33. The topological polar surface area (TPSA) is 47.6 Å². The van der Waals surface area contributed by atoms with E-state index in [1.165, 1.54) is 0 Å². The molecule has 16 heavy (non-hydrogen) atoms. The van der Waals surface area contributed by atoms with Crippen molar-refractivity contribution in [2.24, 2.45) is 0 Å². The highest BCUT2D eigenvalue weighted by Crippen LogP contribution is 2.05. The van der Waals surface area contributed by atoms with Crippen molar-refractivity contribution in [1.29, 1.82) is 0 Å². The maximum Gasteiger partial charge on any atom is 0.493 e. The summed E-state index contributed by atoms with van der Waals surface area (Å²) in [5, 5.41) is 2.78. The molecule has 5 heteroatoms. The van der Waals surface area contributed by atoms with E-state index in [1.807, 2.05) is 31.2 Å². The number of rotatable bonds is 5. The van der Waals surface area contributed by atoms with E-state index < -0.39 is 7.12 Å². The van der Waals surface area contributed by atoms with Gasteiger partial charge in [-0.05, 0) is 17.6 Å². The lowest BCUT2D eigenvalue weighted by Crippen LogP contribution is -2.34. The normalized spacial score (nSPS) is 9.94. The summed E-state index contributed by atoms with van der Waals surface area (Å²) in [5.41, 5.74) is 1.63. The van der Waals surface area contributed by atoms with Gasteiger partial charge in [-0.2, -0.15) is 0 Å². The van der Waals surface area contributed by atoms with Crippen LogP contribution in [0.2, 0.25) is 0 Å². The van der Waals surface area contributed by atoms with Gasteiger partial charge in [0.25, 0.3) is 0 Å². The Labute approximate surface area is 96.1 Å². The minimum atomic E-state index is -0.404. The molecule has 1 aromatic carbocycles. The zero-order chi connectivity index (χ0) is 12.0. The van der Waals surface area contributed by atoms with Crippen molar-refractivity contribution >= 4 is 24.2 Å². The molecule has 0 spiro atoms. The van der Waals surface area contributed by atoms with E-state index >= 15 is 0 Å². The SMILES string of the molecule is CCC(=O)Nc1cccc(B(OC)OC)c1. The van der Waals surface area contributed by atoms with Gasteiger partial charge in [0.2, 0.25) is 5.91 Å². The van der Waals surface area contributed by atoms with Crippen molar-refractivity contribution in [1.82, 2.24) is 0 Å². The lowest BCUT2D eigenvalue weighted by Gasteiger charge is -2.10. The zero-order valence-corrected chi connectivity index (χ0v) is 9.82. The second kappa shape index (κ2) is 6.30. The Morgan fingerprint density at radius 1 is 1.38 bits per heavy atom. The van der Waals surface area contributed by atoms with Crippen LogP contribution in [0.25, 0.3) is 0 Å². The van der Waals surface area contributed by atoms with Crippen molar-refractivity contribution in [2.75, 3.05) is 19.5 Å². The zero-order valence-electron chi connectivity index (χ0n) is 9.82. The summed E-state index contributed by atoms with van der Waals surface area (Å²) in [6, 6.07) is 7.41. The molecule has 4 nitrogen and oxygen atoms in total. The minimum Gasteiger partial charge on any atom is -0.410 e. The first kappa shape index (κ1) is 12.7. The van der Waals surface area contributed by atoms with Crippen LogP contribution in [0.4, 0.5) is 5.69 Å². The number of carbonyl (C=O) groups is 1. The van der Waals surface area contributed by atoms with Gasteiger partial charge in [-0.25, -0.2) is 0 Å². The van der Waals surface area contributed by atoms with Crippen molar-refractivity contribution in [2.45, 2.75) is 13.3 Å². The van der Waals surface area contributed by atoms with Crippen LogP contribution in [0.1, 0.15) is 13.3 Å². The van der Waals surface area contributed by atoms with Crippen LogP contribution in [-0.4, -0.2) is 27.2 Å². The molecule has 1 rings (SSSR count). The molecule has 1 amide bonds. The molecule has 0 fully saturated rings. The van der Waals surface area contributed by atoms with Gasteiger partial charge in [-0.3, -0.25) is 4.79 Å². The highest BCUT2D eigenvalue weighted by Gasteiger charge is 2.17. The minimum absolute atomic E-state index is 0.0106. The largest absolute Gasteiger partial charge is 0.493 e. The number of carbonyl (C=O) groups excluding carboxylic acids is 1. The molecule has 0 aliphatic rings. The molecule has 0 aromatic heterocycles. The lowest BCUT2D eigenvalue weighted by atomic mass is 9.79. The van der Waals surface area contributed by atoms with Crippen LogP contribution in [0.5, 0.6) is 0 Å². The molecular weight excluding hydrogens is 205 g/mol. The summed E-state index contributed by atoms with van der Waals surface area (Å²) in [6.07, 6.45) is 0.461. The molecule has 0 unspecified atom stereocenters. The molecule has 0 aliphatic carbocycles. The summed E-state index contributed by atoms with van der Waals surface area (Å²) in [4.78, 5) is 11.2. The number of benzene rings is 1. The van der Waals surface area contributed by atoms with Gasteiger partial charge in [-0.15, -0.1) is 0 Å². The molecule has 1 N–H and O–H groups in total. The van der Waals surface area contributed by atoms with Gasteiger partial charge in [-0.1, -0.05) is 19.1 Å². The average molecular weight is 221 g/mol. The molecule has 0 bridgehead atoms. The Morgan fingerprint density at radius 2 is 2.06 bits per heavy atom. The van der Waals surface area contributed by atoms with Gasteiger partial charge in [0.05, 0.1) is 0 Å². The van der Waals surface area contributed by atoms with E-state index in [2.05, 4.69) is 5.32 Å². The summed E-state index contributed by atoms with van der Waals surface area (Å²) in [6.45, 7) is 1.81. The van der Waals surface area contributed by atoms with E-state index in [9.17, 15) is 4.79 Å². The standard InChI is InChI=1S/C11H16BNO3/c1-4-11(14)13-10-7-5-6-9(8-10)12(15-2)16-3/h5-8H,4H2,1-3H3,(H,13,14). The number of hydrogen-bond acceptors (Lipinski definition) is 3. The maximum atomic E-state index is 11.2. The Balaban J connectivity index is 2.81. The summed E-state index contributed by atoms with van der Waals surface area (Å²) in [5.74, 6) is -0.0106. The van der Waals surface area contributed by atoms with Crippen molar-refractivity contribution in [3.63, 3.8) is 0 Å². The molecule has 0 heterocycles. The van der Waals surface area contributed by atoms with Crippen LogP contribution in [-0.2, 0) is 14.1 Å². The van der Waals surface area contributed by atoms with Gasteiger partial charge in [0, 0.05) is 26.3 Å². The van der Waals surface area contributed by atoms with Crippen molar-refractivity contribution in [3.8, 4) is 0 Å². The van der Waals surface area contributed by atoms with Crippen molar-refractivity contribution < 1.29 is 14.1 Å². The molecule has 86 valence electrons. The Kier molecular flexibility index (Phi) is 5.02. The smallest absolute Gasteiger partial charge is 0.410 e. The van der Waals surface area contributed by atoms with Crippen LogP contribution in [0, 0.1) is 0 Å². The highest BCUT2D eigenvalue weighted by molar-refractivity contribution is 6.61. The van der Waals surface area contributed by atoms with Crippen LogP contribution < -0.4 is 10.8 Å². The van der Waals surface area contributed by atoms with Crippen LogP contribution >= 0.6 is 0 Å². The first-order valence-electron chi connectivity index (χ1n) is 5.16. The molecule has 0 atom stereocenters.